The van der Waals surface area contributed by atoms with Crippen LogP contribution in [0.5, 0.6) is 0 Å². The van der Waals surface area contributed by atoms with Crippen molar-refractivity contribution in [3.8, 4) is 0 Å². The van der Waals surface area contributed by atoms with Crippen molar-refractivity contribution in [1.82, 2.24) is 14.5 Å². The Morgan fingerprint density at radius 2 is 1.70 bits per heavy atom. The third-order valence-electron chi connectivity index (χ3n) is 4.32. The Morgan fingerprint density at radius 3 is 2.39 bits per heavy atom. The van der Waals surface area contributed by atoms with E-state index in [9.17, 15) is 0 Å². The molecular formula is C20H17N3. The van der Waals surface area contributed by atoms with Gasteiger partial charge in [-0.25, -0.2) is 4.98 Å². The van der Waals surface area contributed by atoms with Gasteiger partial charge in [0.1, 0.15) is 5.82 Å². The Balaban J connectivity index is 1.96. The molecule has 0 saturated heterocycles. The molecule has 2 aromatic heterocycles. The number of aryl methyl sites for hydroxylation is 1. The van der Waals surface area contributed by atoms with Crippen LogP contribution in [-0.2, 0) is 7.05 Å². The predicted octanol–water partition coefficient (Wildman–Crippen LogP) is 4.19. The largest absolute Gasteiger partial charge is 0.335 e. The maximum Gasteiger partial charge on any atom is 0.132 e. The summed E-state index contributed by atoms with van der Waals surface area (Å²) >= 11 is 0. The number of hydrogen-bond acceptors (Lipinski definition) is 2. The van der Waals surface area contributed by atoms with Gasteiger partial charge in [-0.3, -0.25) is 4.98 Å². The van der Waals surface area contributed by atoms with Gasteiger partial charge in [0.2, 0.25) is 0 Å². The Bertz CT molecular complexity index is 930. The van der Waals surface area contributed by atoms with Gasteiger partial charge in [-0.1, -0.05) is 30.3 Å². The number of aromatic nitrogens is 3. The van der Waals surface area contributed by atoms with E-state index >= 15 is 0 Å². The van der Waals surface area contributed by atoms with Crippen molar-refractivity contribution in [2.75, 3.05) is 0 Å². The van der Waals surface area contributed by atoms with E-state index in [4.69, 9.17) is 0 Å². The number of benzene rings is 1. The lowest BCUT2D eigenvalue weighted by molar-refractivity contribution is 0.897. The quantitative estimate of drug-likeness (QED) is 0.710. The van der Waals surface area contributed by atoms with Gasteiger partial charge in [0.05, 0.1) is 5.69 Å². The fourth-order valence-electron chi connectivity index (χ4n) is 3.15. The lowest BCUT2D eigenvalue weighted by atomic mass is 10.0. The van der Waals surface area contributed by atoms with Gasteiger partial charge in [0.15, 0.2) is 0 Å². The van der Waals surface area contributed by atoms with E-state index in [1.165, 1.54) is 27.8 Å². The molecule has 1 aliphatic carbocycles. The third kappa shape index (κ3) is 2.21. The molecule has 0 fully saturated rings. The molecular weight excluding hydrogens is 282 g/mol. The highest BCUT2D eigenvalue weighted by atomic mass is 15.0. The molecule has 3 nitrogen and oxygen atoms in total. The summed E-state index contributed by atoms with van der Waals surface area (Å²) in [7, 11) is 2.01. The van der Waals surface area contributed by atoms with Crippen molar-refractivity contribution in [3.05, 3.63) is 89.3 Å². The Hall–Kier alpha value is -2.94. The number of pyridine rings is 1. The Kier molecular flexibility index (Phi) is 3.19. The van der Waals surface area contributed by atoms with Crippen molar-refractivity contribution in [3.63, 3.8) is 0 Å². The van der Waals surface area contributed by atoms with E-state index < -0.39 is 0 Å². The molecule has 1 aromatic carbocycles. The zero-order valence-corrected chi connectivity index (χ0v) is 13.2. The molecule has 0 aliphatic heterocycles. The van der Waals surface area contributed by atoms with Gasteiger partial charge < -0.3 is 4.57 Å². The molecule has 3 heteroatoms. The van der Waals surface area contributed by atoms with Gasteiger partial charge in [-0.15, -0.1) is 0 Å². The van der Waals surface area contributed by atoms with E-state index in [2.05, 4.69) is 53.3 Å². The van der Waals surface area contributed by atoms with Crippen LogP contribution >= 0.6 is 0 Å². The molecule has 0 spiro atoms. The van der Waals surface area contributed by atoms with Gasteiger partial charge in [-0.05, 0) is 47.4 Å². The van der Waals surface area contributed by atoms with Crippen molar-refractivity contribution >= 4 is 17.2 Å². The molecule has 0 radical (unpaired) electrons. The number of nitrogens with zero attached hydrogens (tertiary/aromatic N) is 3. The van der Waals surface area contributed by atoms with Gasteiger partial charge in [0, 0.05) is 31.2 Å². The van der Waals surface area contributed by atoms with E-state index in [1.807, 2.05) is 42.3 Å². The summed E-state index contributed by atoms with van der Waals surface area (Å²) in [4.78, 5) is 8.99. The lowest BCUT2D eigenvalue weighted by Crippen LogP contribution is -1.91. The van der Waals surface area contributed by atoms with Crippen LogP contribution in [-0.4, -0.2) is 14.5 Å². The first-order valence-electron chi connectivity index (χ1n) is 7.67. The molecule has 0 atom stereocenters. The highest BCUT2D eigenvalue weighted by Crippen LogP contribution is 2.44. The maximum atomic E-state index is 4.55. The molecule has 0 saturated carbocycles. The molecule has 0 bridgehead atoms. The minimum atomic E-state index is 0.955. The second-order valence-electron chi connectivity index (χ2n) is 5.71. The zero-order valence-electron chi connectivity index (χ0n) is 13.2. The van der Waals surface area contributed by atoms with Gasteiger partial charge >= 0.3 is 0 Å². The van der Waals surface area contributed by atoms with Crippen LogP contribution in [0.15, 0.2) is 66.6 Å². The van der Waals surface area contributed by atoms with Crippen molar-refractivity contribution in [2.45, 2.75) is 6.92 Å². The second kappa shape index (κ2) is 5.36. The van der Waals surface area contributed by atoms with Crippen LogP contribution < -0.4 is 0 Å². The number of hydrogen-bond donors (Lipinski definition) is 0. The summed E-state index contributed by atoms with van der Waals surface area (Å²) in [5.41, 5.74) is 7.17. The highest BCUT2D eigenvalue weighted by Gasteiger charge is 2.25. The number of imidazole rings is 1. The Morgan fingerprint density at radius 1 is 0.913 bits per heavy atom. The van der Waals surface area contributed by atoms with E-state index in [1.54, 1.807) is 0 Å². The third-order valence-corrected chi connectivity index (χ3v) is 4.32. The molecule has 112 valence electrons. The SMILES string of the molecule is CC1=C(c2ccccn2)c2ccccc2/C1=C/c1nccn1C. The summed E-state index contributed by atoms with van der Waals surface area (Å²) in [5.74, 6) is 0.955. The fraction of sp³-hybridized carbons (Fsp3) is 0.100. The average Bonchev–Trinajstić information content (AvgIpc) is 3.11. The van der Waals surface area contributed by atoms with Crippen LogP contribution in [0.3, 0.4) is 0 Å². The topological polar surface area (TPSA) is 30.7 Å². The van der Waals surface area contributed by atoms with Crippen LogP contribution in [0.25, 0.3) is 17.2 Å². The van der Waals surface area contributed by atoms with E-state index in [0.29, 0.717) is 0 Å². The van der Waals surface area contributed by atoms with Crippen molar-refractivity contribution in [1.29, 1.82) is 0 Å². The summed E-state index contributed by atoms with van der Waals surface area (Å²) < 4.78 is 2.03. The smallest absolute Gasteiger partial charge is 0.132 e. The van der Waals surface area contributed by atoms with E-state index in [0.717, 1.165) is 11.5 Å². The molecule has 23 heavy (non-hydrogen) atoms. The number of allylic oxidation sites excluding steroid dienone is 2. The fourth-order valence-corrected chi connectivity index (χ4v) is 3.15. The molecule has 0 unspecified atom stereocenters. The molecule has 3 aromatic rings. The summed E-state index contributed by atoms with van der Waals surface area (Å²) in [6.45, 7) is 2.17. The molecule has 0 N–H and O–H groups in total. The molecule has 2 heterocycles. The molecule has 1 aliphatic rings. The first-order chi connectivity index (χ1) is 11.3. The standard InChI is InChI=1S/C20H17N3/c1-14-17(13-19-22-11-12-23(19)2)15-7-3-4-8-16(15)20(14)18-9-5-6-10-21-18/h3-13H,1-2H3/b17-13+. The second-order valence-corrected chi connectivity index (χ2v) is 5.71. The number of fused-ring (bicyclic) bond motifs is 1. The summed E-state index contributed by atoms with van der Waals surface area (Å²) in [6.07, 6.45) is 7.79. The van der Waals surface area contributed by atoms with Crippen LogP contribution in [0.1, 0.15) is 29.6 Å². The van der Waals surface area contributed by atoms with Gasteiger partial charge in [0.25, 0.3) is 0 Å². The highest BCUT2D eigenvalue weighted by molar-refractivity contribution is 6.07. The van der Waals surface area contributed by atoms with Crippen LogP contribution in [0, 0.1) is 0 Å². The minimum absolute atomic E-state index is 0.955. The monoisotopic (exact) mass is 299 g/mol. The predicted molar refractivity (Wildman–Crippen MR) is 93.5 cm³/mol. The van der Waals surface area contributed by atoms with Crippen molar-refractivity contribution in [2.24, 2.45) is 7.05 Å². The summed E-state index contributed by atoms with van der Waals surface area (Å²) in [5, 5.41) is 0. The minimum Gasteiger partial charge on any atom is -0.335 e. The van der Waals surface area contributed by atoms with Crippen LogP contribution in [0.2, 0.25) is 0 Å². The first kappa shape index (κ1) is 13.7. The normalized spacial score (nSPS) is 15.3. The molecule has 0 amide bonds. The zero-order chi connectivity index (χ0) is 15.8. The van der Waals surface area contributed by atoms with Crippen LogP contribution in [0.4, 0.5) is 0 Å². The Labute approximate surface area is 135 Å². The summed E-state index contributed by atoms with van der Waals surface area (Å²) in [6, 6.07) is 14.6. The van der Waals surface area contributed by atoms with Gasteiger partial charge in [-0.2, -0.15) is 0 Å². The molecule has 4 rings (SSSR count). The average molecular weight is 299 g/mol. The number of rotatable bonds is 2. The van der Waals surface area contributed by atoms with E-state index in [-0.39, 0.29) is 0 Å². The lowest BCUT2D eigenvalue weighted by Gasteiger charge is -2.04. The van der Waals surface area contributed by atoms with Crippen molar-refractivity contribution < 1.29 is 0 Å². The maximum absolute atomic E-state index is 4.55. The first-order valence-corrected chi connectivity index (χ1v) is 7.67.